The summed E-state index contributed by atoms with van der Waals surface area (Å²) in [6.07, 6.45) is 0.0540. The van der Waals surface area contributed by atoms with Gasteiger partial charge in [0.15, 0.2) is 0 Å². The van der Waals surface area contributed by atoms with E-state index in [1.807, 2.05) is 0 Å². The zero-order chi connectivity index (χ0) is 8.91. The maximum Gasteiger partial charge on any atom is 0.303 e. The number of aliphatic carboxylic acids is 1. The Labute approximate surface area is 75.8 Å². The van der Waals surface area contributed by atoms with Gasteiger partial charge in [-0.25, -0.2) is 0 Å². The van der Waals surface area contributed by atoms with Crippen molar-refractivity contribution in [3.05, 3.63) is 10.4 Å². The number of hydrogen-bond donors (Lipinski definition) is 2. The van der Waals surface area contributed by atoms with Gasteiger partial charge in [0, 0.05) is 11.3 Å². The van der Waals surface area contributed by atoms with Gasteiger partial charge in [-0.3, -0.25) is 4.79 Å². The van der Waals surface area contributed by atoms with E-state index in [1.54, 1.807) is 0 Å². The molecule has 12 heavy (non-hydrogen) atoms. The van der Waals surface area contributed by atoms with Crippen LogP contribution in [0.15, 0.2) is 5.11 Å². The number of nitrogens with zero attached hydrogens (tertiary/aromatic N) is 3. The number of carbonyl (C=O) groups is 1. The highest BCUT2D eigenvalue weighted by molar-refractivity contribution is 5.85. The van der Waals surface area contributed by atoms with Crippen molar-refractivity contribution in [3.63, 3.8) is 0 Å². The third-order valence-electron chi connectivity index (χ3n) is 1.12. The monoisotopic (exact) mass is 194 g/mol. The Balaban J connectivity index is 0. The lowest BCUT2D eigenvalue weighted by Crippen LogP contribution is -2.33. The van der Waals surface area contributed by atoms with E-state index >= 15 is 0 Å². The first kappa shape index (κ1) is 13.6. The predicted molar refractivity (Wildman–Crippen MR) is 45.9 cm³/mol. The number of hydrogen-bond acceptors (Lipinski definition) is 3. The highest BCUT2D eigenvalue weighted by Gasteiger charge is 2.16. The fourth-order valence-corrected chi connectivity index (χ4v) is 0.512. The summed E-state index contributed by atoms with van der Waals surface area (Å²) in [5, 5.41) is 11.5. The van der Waals surface area contributed by atoms with Gasteiger partial charge in [-0.15, -0.1) is 12.4 Å². The fourth-order valence-electron chi connectivity index (χ4n) is 0.512. The summed E-state index contributed by atoms with van der Waals surface area (Å²) >= 11 is 0. The van der Waals surface area contributed by atoms with E-state index in [-0.39, 0.29) is 25.2 Å². The topological polar surface area (TPSA) is 112 Å². The lowest BCUT2D eigenvalue weighted by molar-refractivity contribution is -0.137. The van der Waals surface area contributed by atoms with Gasteiger partial charge in [0.1, 0.15) is 0 Å². The minimum absolute atomic E-state index is 0. The van der Waals surface area contributed by atoms with Gasteiger partial charge in [0.05, 0.1) is 5.66 Å². The van der Waals surface area contributed by atoms with Crippen LogP contribution in [-0.4, -0.2) is 16.7 Å². The van der Waals surface area contributed by atoms with Crippen molar-refractivity contribution in [2.75, 3.05) is 0 Å². The van der Waals surface area contributed by atoms with Gasteiger partial charge >= 0.3 is 5.97 Å². The second-order valence-electron chi connectivity index (χ2n) is 2.44. The number of carboxylic acid groups (broad SMARTS) is 1. The molecule has 0 fully saturated rings. The fraction of sp³-hybridized carbons (Fsp3) is 0.800. The summed E-state index contributed by atoms with van der Waals surface area (Å²) in [4.78, 5) is 12.6. The minimum atomic E-state index is -1.09. The van der Waals surface area contributed by atoms with Crippen molar-refractivity contribution in [3.8, 4) is 0 Å². The highest BCUT2D eigenvalue weighted by atomic mass is 35.5. The first-order valence-electron chi connectivity index (χ1n) is 3.05. The normalized spacial score (nSPS) is 13.5. The van der Waals surface area contributed by atoms with E-state index in [9.17, 15) is 4.79 Å². The molecule has 0 aliphatic heterocycles. The van der Waals surface area contributed by atoms with Gasteiger partial charge in [-0.05, 0) is 18.9 Å². The smallest absolute Gasteiger partial charge is 0.303 e. The Morgan fingerprint density at radius 3 is 2.67 bits per heavy atom. The van der Waals surface area contributed by atoms with Crippen LogP contribution in [-0.2, 0) is 4.79 Å². The van der Waals surface area contributed by atoms with Crippen LogP contribution in [0, 0.1) is 0 Å². The molecule has 0 aliphatic rings. The van der Waals surface area contributed by atoms with E-state index in [0.29, 0.717) is 0 Å². The lowest BCUT2D eigenvalue weighted by Gasteiger charge is -2.15. The number of halogens is 1. The van der Waals surface area contributed by atoms with E-state index in [4.69, 9.17) is 16.4 Å². The third-order valence-corrected chi connectivity index (χ3v) is 1.12. The molecule has 0 amide bonds. The zero-order valence-corrected chi connectivity index (χ0v) is 7.41. The van der Waals surface area contributed by atoms with Gasteiger partial charge in [-0.2, -0.15) is 0 Å². The van der Waals surface area contributed by atoms with Crippen LogP contribution < -0.4 is 5.73 Å². The Hall–Kier alpha value is -0.970. The molecule has 0 aliphatic carbocycles. The summed E-state index contributed by atoms with van der Waals surface area (Å²) < 4.78 is 0. The molecule has 6 nitrogen and oxygen atoms in total. The Morgan fingerprint density at radius 2 is 2.33 bits per heavy atom. The maximum atomic E-state index is 10.1. The SMILES string of the molecule is CC(N)(CCC(=O)O)N=[N+]=[N-].Cl. The summed E-state index contributed by atoms with van der Waals surface area (Å²) in [7, 11) is 0. The zero-order valence-electron chi connectivity index (χ0n) is 6.60. The average molecular weight is 195 g/mol. The molecule has 7 heteroatoms. The van der Waals surface area contributed by atoms with E-state index in [2.05, 4.69) is 10.0 Å². The molecule has 1 atom stereocenters. The summed E-state index contributed by atoms with van der Waals surface area (Å²) in [6.45, 7) is 1.48. The van der Waals surface area contributed by atoms with Crippen molar-refractivity contribution in [2.45, 2.75) is 25.4 Å². The average Bonchev–Trinajstić information content (AvgIpc) is 1.84. The summed E-state index contributed by atoms with van der Waals surface area (Å²) in [5.74, 6) is -0.949. The van der Waals surface area contributed by atoms with Crippen LogP contribution in [0.5, 0.6) is 0 Å². The molecule has 0 aromatic carbocycles. The predicted octanol–water partition coefficient (Wildman–Crippen LogP) is 1.26. The lowest BCUT2D eigenvalue weighted by atomic mass is 10.1. The largest absolute Gasteiger partial charge is 0.481 e. The molecule has 0 radical (unpaired) electrons. The van der Waals surface area contributed by atoms with Crippen molar-refractivity contribution in [1.29, 1.82) is 0 Å². The third kappa shape index (κ3) is 7.14. The van der Waals surface area contributed by atoms with Crippen LogP contribution in [0.1, 0.15) is 19.8 Å². The van der Waals surface area contributed by atoms with Gasteiger partial charge in [0.25, 0.3) is 0 Å². The van der Waals surface area contributed by atoms with Crippen LogP contribution >= 0.6 is 12.4 Å². The first-order valence-corrected chi connectivity index (χ1v) is 3.05. The van der Waals surface area contributed by atoms with Gasteiger partial charge in [0.2, 0.25) is 0 Å². The molecule has 0 heterocycles. The highest BCUT2D eigenvalue weighted by Crippen LogP contribution is 2.09. The molecule has 0 bridgehead atoms. The molecular weight excluding hydrogens is 184 g/mol. The van der Waals surface area contributed by atoms with Crippen molar-refractivity contribution >= 4 is 18.4 Å². The molecular formula is C5H11ClN4O2. The van der Waals surface area contributed by atoms with Gasteiger partial charge < -0.3 is 10.8 Å². The standard InChI is InChI=1S/C5H10N4O2.ClH/c1-5(6,8-9-7)3-2-4(10)11;/h2-3,6H2,1H3,(H,10,11);1H. The van der Waals surface area contributed by atoms with Crippen molar-refractivity contribution in [2.24, 2.45) is 10.8 Å². The number of carboxylic acids is 1. The molecule has 0 spiro atoms. The molecule has 0 aromatic rings. The maximum absolute atomic E-state index is 10.1. The second kappa shape index (κ2) is 5.65. The second-order valence-corrected chi connectivity index (χ2v) is 2.44. The van der Waals surface area contributed by atoms with Crippen LogP contribution in [0.2, 0.25) is 0 Å². The molecule has 0 saturated heterocycles. The van der Waals surface area contributed by atoms with E-state index in [1.165, 1.54) is 6.92 Å². The van der Waals surface area contributed by atoms with Gasteiger partial charge in [-0.1, -0.05) is 5.11 Å². The Morgan fingerprint density at radius 1 is 1.83 bits per heavy atom. The molecule has 3 N–H and O–H groups in total. The quantitative estimate of drug-likeness (QED) is 0.399. The summed E-state index contributed by atoms with van der Waals surface area (Å²) in [6, 6.07) is 0. The Bertz CT molecular complexity index is 200. The molecule has 0 aromatic heterocycles. The number of rotatable bonds is 4. The van der Waals surface area contributed by atoms with E-state index < -0.39 is 11.6 Å². The molecule has 0 rings (SSSR count). The van der Waals surface area contributed by atoms with Crippen molar-refractivity contribution in [1.82, 2.24) is 0 Å². The van der Waals surface area contributed by atoms with Crippen LogP contribution in [0.3, 0.4) is 0 Å². The van der Waals surface area contributed by atoms with Crippen molar-refractivity contribution < 1.29 is 9.90 Å². The minimum Gasteiger partial charge on any atom is -0.481 e. The first-order chi connectivity index (χ1) is 4.98. The Kier molecular flexibility index (Phi) is 6.41. The van der Waals surface area contributed by atoms with Crippen LogP contribution in [0.25, 0.3) is 10.4 Å². The van der Waals surface area contributed by atoms with E-state index in [0.717, 1.165) is 0 Å². The molecule has 70 valence electrons. The number of azide groups is 1. The summed E-state index contributed by atoms with van der Waals surface area (Å²) in [5.41, 5.74) is 12.3. The molecule has 0 saturated carbocycles. The van der Waals surface area contributed by atoms with Crippen LogP contribution in [0.4, 0.5) is 0 Å². The number of nitrogens with two attached hydrogens (primary N) is 1. The molecule has 1 unspecified atom stereocenters.